The second-order valence-corrected chi connectivity index (χ2v) is 7.51. The van der Waals surface area contributed by atoms with Gasteiger partial charge in [0.25, 0.3) is 0 Å². The van der Waals surface area contributed by atoms with Crippen LogP contribution in [0.25, 0.3) is 0 Å². The summed E-state index contributed by atoms with van der Waals surface area (Å²) in [6, 6.07) is 1.55. The van der Waals surface area contributed by atoms with Crippen molar-refractivity contribution in [1.82, 2.24) is 10.2 Å². The van der Waals surface area contributed by atoms with E-state index in [4.69, 9.17) is 0 Å². The van der Waals surface area contributed by atoms with Gasteiger partial charge in [0, 0.05) is 18.6 Å². The molecule has 1 heterocycles. The van der Waals surface area contributed by atoms with E-state index in [0.29, 0.717) is 0 Å². The minimum absolute atomic E-state index is 0.769. The van der Waals surface area contributed by atoms with Crippen molar-refractivity contribution in [2.24, 2.45) is 5.92 Å². The fourth-order valence-electron chi connectivity index (χ4n) is 4.28. The zero-order chi connectivity index (χ0) is 14.9. The Kier molecular flexibility index (Phi) is 8.10. The molecular weight excluding hydrogens is 256 g/mol. The van der Waals surface area contributed by atoms with Gasteiger partial charge in [0.15, 0.2) is 0 Å². The first-order valence-electron chi connectivity index (χ1n) is 9.78. The molecule has 2 nitrogen and oxygen atoms in total. The molecular formula is C19H38N2. The van der Waals surface area contributed by atoms with E-state index in [2.05, 4.69) is 24.1 Å². The third kappa shape index (κ3) is 5.90. The lowest BCUT2D eigenvalue weighted by molar-refractivity contribution is 0.162. The molecule has 1 N–H and O–H groups in total. The maximum absolute atomic E-state index is 3.87. The van der Waals surface area contributed by atoms with E-state index in [9.17, 15) is 0 Å². The monoisotopic (exact) mass is 294 g/mol. The quantitative estimate of drug-likeness (QED) is 0.691. The van der Waals surface area contributed by atoms with E-state index >= 15 is 0 Å². The third-order valence-corrected chi connectivity index (χ3v) is 5.78. The Labute approximate surface area is 133 Å². The van der Waals surface area contributed by atoms with E-state index in [1.807, 2.05) is 0 Å². The smallest absolute Gasteiger partial charge is 0.0223 e. The highest BCUT2D eigenvalue weighted by atomic mass is 15.2. The van der Waals surface area contributed by atoms with Crippen molar-refractivity contribution in [1.29, 1.82) is 0 Å². The van der Waals surface area contributed by atoms with Gasteiger partial charge in [0.05, 0.1) is 0 Å². The zero-order valence-electron chi connectivity index (χ0n) is 14.6. The summed E-state index contributed by atoms with van der Waals surface area (Å²) >= 11 is 0. The largest absolute Gasteiger partial charge is 0.312 e. The minimum Gasteiger partial charge on any atom is -0.312 e. The summed E-state index contributed by atoms with van der Waals surface area (Å²) in [6.45, 7) is 8.62. The van der Waals surface area contributed by atoms with Gasteiger partial charge >= 0.3 is 0 Å². The number of hydrogen-bond donors (Lipinski definition) is 1. The average molecular weight is 295 g/mol. The van der Waals surface area contributed by atoms with Crippen LogP contribution in [0.2, 0.25) is 0 Å². The van der Waals surface area contributed by atoms with Gasteiger partial charge < -0.3 is 5.32 Å². The predicted octanol–water partition coefficient (Wildman–Crippen LogP) is 4.59. The van der Waals surface area contributed by atoms with Crippen LogP contribution < -0.4 is 5.32 Å². The zero-order valence-corrected chi connectivity index (χ0v) is 14.6. The molecule has 1 saturated carbocycles. The van der Waals surface area contributed by atoms with Crippen molar-refractivity contribution in [3.05, 3.63) is 0 Å². The number of nitrogens with zero attached hydrogens (tertiary/aromatic N) is 1. The fraction of sp³-hybridized carbons (Fsp3) is 1.00. The highest BCUT2D eigenvalue weighted by molar-refractivity contribution is 4.86. The van der Waals surface area contributed by atoms with Crippen LogP contribution in [-0.2, 0) is 0 Å². The maximum Gasteiger partial charge on any atom is 0.0223 e. The molecule has 1 aliphatic heterocycles. The Balaban J connectivity index is 1.77. The van der Waals surface area contributed by atoms with Crippen LogP contribution in [0.5, 0.6) is 0 Å². The molecule has 2 atom stereocenters. The molecule has 2 unspecified atom stereocenters. The lowest BCUT2D eigenvalue weighted by atomic mass is 9.83. The van der Waals surface area contributed by atoms with Gasteiger partial charge in [-0.2, -0.15) is 0 Å². The summed E-state index contributed by atoms with van der Waals surface area (Å²) in [4.78, 5) is 2.80. The topological polar surface area (TPSA) is 15.3 Å². The van der Waals surface area contributed by atoms with Crippen molar-refractivity contribution >= 4 is 0 Å². The van der Waals surface area contributed by atoms with Crippen molar-refractivity contribution in [3.8, 4) is 0 Å². The third-order valence-electron chi connectivity index (χ3n) is 5.78. The SMILES string of the molecule is CCCCCCC(C)N1CCCNC(C2CCCCC2)C1. The second-order valence-electron chi connectivity index (χ2n) is 7.51. The molecule has 0 spiro atoms. The molecule has 0 aromatic heterocycles. The van der Waals surface area contributed by atoms with Crippen LogP contribution in [0.4, 0.5) is 0 Å². The van der Waals surface area contributed by atoms with Crippen molar-refractivity contribution < 1.29 is 0 Å². The molecule has 21 heavy (non-hydrogen) atoms. The minimum atomic E-state index is 0.769. The highest BCUT2D eigenvalue weighted by Crippen LogP contribution is 2.28. The maximum atomic E-state index is 3.87. The van der Waals surface area contributed by atoms with Gasteiger partial charge in [0.1, 0.15) is 0 Å². The summed E-state index contributed by atoms with van der Waals surface area (Å²) in [5.74, 6) is 0.951. The molecule has 0 radical (unpaired) electrons. The van der Waals surface area contributed by atoms with Gasteiger partial charge in [-0.1, -0.05) is 51.9 Å². The Morgan fingerprint density at radius 1 is 1.05 bits per heavy atom. The molecule has 2 aliphatic rings. The number of hydrogen-bond acceptors (Lipinski definition) is 2. The Morgan fingerprint density at radius 3 is 2.62 bits per heavy atom. The van der Waals surface area contributed by atoms with Crippen molar-refractivity contribution in [2.75, 3.05) is 19.6 Å². The molecule has 2 heteroatoms. The van der Waals surface area contributed by atoms with Crippen molar-refractivity contribution in [2.45, 2.75) is 96.6 Å². The summed E-state index contributed by atoms with van der Waals surface area (Å²) < 4.78 is 0. The van der Waals surface area contributed by atoms with Crippen LogP contribution in [-0.4, -0.2) is 36.6 Å². The van der Waals surface area contributed by atoms with Crippen LogP contribution in [0.3, 0.4) is 0 Å². The standard InChI is InChI=1S/C19H38N2/c1-3-4-5-7-11-17(2)21-15-10-14-20-19(16-21)18-12-8-6-9-13-18/h17-20H,3-16H2,1-2H3. The van der Waals surface area contributed by atoms with Gasteiger partial charge in [0.2, 0.25) is 0 Å². The first-order chi connectivity index (χ1) is 10.3. The molecule has 0 aromatic carbocycles. The van der Waals surface area contributed by atoms with Gasteiger partial charge in [-0.15, -0.1) is 0 Å². The molecule has 2 rings (SSSR count). The highest BCUT2D eigenvalue weighted by Gasteiger charge is 2.28. The summed E-state index contributed by atoms with van der Waals surface area (Å²) in [6.07, 6.45) is 15.7. The Morgan fingerprint density at radius 2 is 1.86 bits per heavy atom. The number of rotatable bonds is 7. The first-order valence-corrected chi connectivity index (χ1v) is 9.78. The lowest BCUT2D eigenvalue weighted by Crippen LogP contribution is -2.46. The summed E-state index contributed by atoms with van der Waals surface area (Å²) in [5.41, 5.74) is 0. The molecule has 0 amide bonds. The second kappa shape index (κ2) is 9.84. The first kappa shape index (κ1) is 17.3. The van der Waals surface area contributed by atoms with Crippen LogP contribution >= 0.6 is 0 Å². The van der Waals surface area contributed by atoms with Crippen LogP contribution in [0.1, 0.15) is 84.5 Å². The molecule has 124 valence electrons. The van der Waals surface area contributed by atoms with Crippen LogP contribution in [0, 0.1) is 5.92 Å². The van der Waals surface area contributed by atoms with Gasteiger partial charge in [-0.3, -0.25) is 4.90 Å². The van der Waals surface area contributed by atoms with E-state index in [0.717, 1.165) is 18.0 Å². The normalized spacial score (nSPS) is 27.4. The van der Waals surface area contributed by atoms with E-state index < -0.39 is 0 Å². The number of unbranched alkanes of at least 4 members (excludes halogenated alkanes) is 3. The summed E-state index contributed by atoms with van der Waals surface area (Å²) in [7, 11) is 0. The lowest BCUT2D eigenvalue weighted by Gasteiger charge is -2.35. The molecule has 1 aliphatic carbocycles. The van der Waals surface area contributed by atoms with E-state index in [-0.39, 0.29) is 0 Å². The Bertz CT molecular complexity index is 260. The molecule has 0 bridgehead atoms. The van der Waals surface area contributed by atoms with E-state index in [1.54, 1.807) is 0 Å². The Hall–Kier alpha value is -0.0800. The molecule has 2 fully saturated rings. The van der Waals surface area contributed by atoms with Crippen molar-refractivity contribution in [3.63, 3.8) is 0 Å². The predicted molar refractivity (Wildman–Crippen MR) is 92.8 cm³/mol. The fourth-order valence-corrected chi connectivity index (χ4v) is 4.28. The van der Waals surface area contributed by atoms with Gasteiger partial charge in [-0.25, -0.2) is 0 Å². The van der Waals surface area contributed by atoms with Crippen LogP contribution in [0.15, 0.2) is 0 Å². The summed E-state index contributed by atoms with van der Waals surface area (Å²) in [5, 5.41) is 3.87. The average Bonchev–Trinajstić information content (AvgIpc) is 2.78. The molecule has 1 saturated heterocycles. The number of nitrogens with one attached hydrogen (secondary N) is 1. The molecule has 0 aromatic rings. The van der Waals surface area contributed by atoms with Gasteiger partial charge in [-0.05, 0) is 51.6 Å². The van der Waals surface area contributed by atoms with E-state index in [1.165, 1.54) is 90.3 Å².